The van der Waals surface area contributed by atoms with Crippen molar-refractivity contribution in [1.29, 1.82) is 0 Å². The van der Waals surface area contributed by atoms with E-state index in [1.807, 2.05) is 4.90 Å². The second-order valence-electron chi connectivity index (χ2n) is 4.69. The zero-order chi connectivity index (χ0) is 13.7. The fourth-order valence-electron chi connectivity index (χ4n) is 2.16. The first-order chi connectivity index (χ1) is 9.16. The Kier molecular flexibility index (Phi) is 4.52. The molecule has 0 spiro atoms. The molecule has 1 heterocycles. The smallest absolute Gasteiger partial charge is 0.335 e. The van der Waals surface area contributed by atoms with Crippen molar-refractivity contribution in [3.05, 3.63) is 35.4 Å². The molecule has 1 amide bonds. The summed E-state index contributed by atoms with van der Waals surface area (Å²) in [6, 6.07) is 6.66. The zero-order valence-corrected chi connectivity index (χ0v) is 10.8. The van der Waals surface area contributed by atoms with E-state index in [1.54, 1.807) is 24.3 Å². The van der Waals surface area contributed by atoms with Gasteiger partial charge in [-0.3, -0.25) is 4.79 Å². The highest BCUT2D eigenvalue weighted by Gasteiger charge is 2.16. The second kappa shape index (κ2) is 6.33. The van der Waals surface area contributed by atoms with E-state index in [0.717, 1.165) is 31.5 Å². The first-order valence-corrected chi connectivity index (χ1v) is 6.47. The molecule has 0 saturated carbocycles. The molecule has 1 aliphatic heterocycles. The van der Waals surface area contributed by atoms with Crippen LogP contribution < -0.4 is 5.32 Å². The first kappa shape index (κ1) is 13.5. The SMILES string of the molecule is O=C(O)c1ccc(CNCC(=O)N2CCCC2)cc1. The number of nitrogens with zero attached hydrogens (tertiary/aromatic N) is 1. The lowest BCUT2D eigenvalue weighted by molar-refractivity contribution is -0.129. The van der Waals surface area contributed by atoms with Crippen LogP contribution in [0.1, 0.15) is 28.8 Å². The molecule has 0 bridgehead atoms. The van der Waals surface area contributed by atoms with E-state index in [-0.39, 0.29) is 11.5 Å². The summed E-state index contributed by atoms with van der Waals surface area (Å²) in [5.41, 5.74) is 1.25. The summed E-state index contributed by atoms with van der Waals surface area (Å²) in [6.45, 7) is 2.64. The van der Waals surface area contributed by atoms with Gasteiger partial charge in [-0.2, -0.15) is 0 Å². The van der Waals surface area contributed by atoms with Crippen LogP contribution in [-0.2, 0) is 11.3 Å². The molecule has 19 heavy (non-hydrogen) atoms. The van der Waals surface area contributed by atoms with Gasteiger partial charge in [-0.25, -0.2) is 4.79 Å². The largest absolute Gasteiger partial charge is 0.478 e. The molecule has 1 aromatic carbocycles. The Hall–Kier alpha value is -1.88. The lowest BCUT2D eigenvalue weighted by Crippen LogP contribution is -2.35. The van der Waals surface area contributed by atoms with Gasteiger partial charge >= 0.3 is 5.97 Å². The lowest BCUT2D eigenvalue weighted by atomic mass is 10.1. The minimum atomic E-state index is -0.927. The molecule has 2 N–H and O–H groups in total. The summed E-state index contributed by atoms with van der Waals surface area (Å²) in [5.74, 6) is -0.789. The maximum absolute atomic E-state index is 11.8. The van der Waals surface area contributed by atoms with Crippen molar-refractivity contribution < 1.29 is 14.7 Å². The molecular weight excluding hydrogens is 244 g/mol. The summed E-state index contributed by atoms with van der Waals surface area (Å²) >= 11 is 0. The van der Waals surface area contributed by atoms with Crippen molar-refractivity contribution in [3.63, 3.8) is 0 Å². The quantitative estimate of drug-likeness (QED) is 0.833. The van der Waals surface area contributed by atoms with Crippen molar-refractivity contribution in [2.75, 3.05) is 19.6 Å². The van der Waals surface area contributed by atoms with Gasteiger partial charge in [0, 0.05) is 19.6 Å². The number of carboxylic acid groups (broad SMARTS) is 1. The Balaban J connectivity index is 1.75. The average molecular weight is 262 g/mol. The number of carbonyl (C=O) groups is 2. The second-order valence-corrected chi connectivity index (χ2v) is 4.69. The monoisotopic (exact) mass is 262 g/mol. The number of carboxylic acids is 1. The Labute approximate surface area is 112 Å². The van der Waals surface area contributed by atoms with Crippen LogP contribution in [0.15, 0.2) is 24.3 Å². The molecular formula is C14H18N2O3. The fraction of sp³-hybridized carbons (Fsp3) is 0.429. The Morgan fingerprint density at radius 3 is 2.37 bits per heavy atom. The van der Waals surface area contributed by atoms with Crippen molar-refractivity contribution in [2.24, 2.45) is 0 Å². The maximum Gasteiger partial charge on any atom is 0.335 e. The fourth-order valence-corrected chi connectivity index (χ4v) is 2.16. The number of benzene rings is 1. The van der Waals surface area contributed by atoms with E-state index in [4.69, 9.17) is 5.11 Å². The highest BCUT2D eigenvalue weighted by Crippen LogP contribution is 2.07. The van der Waals surface area contributed by atoms with E-state index in [0.29, 0.717) is 13.1 Å². The van der Waals surface area contributed by atoms with Crippen LogP contribution in [0.25, 0.3) is 0 Å². The Bertz CT molecular complexity index is 450. The van der Waals surface area contributed by atoms with Gasteiger partial charge in [-0.1, -0.05) is 12.1 Å². The van der Waals surface area contributed by atoms with Crippen LogP contribution in [-0.4, -0.2) is 41.5 Å². The molecule has 0 aliphatic carbocycles. The molecule has 0 radical (unpaired) electrons. The van der Waals surface area contributed by atoms with Crippen LogP contribution in [0.5, 0.6) is 0 Å². The highest BCUT2D eigenvalue weighted by atomic mass is 16.4. The van der Waals surface area contributed by atoms with E-state index < -0.39 is 5.97 Å². The maximum atomic E-state index is 11.8. The van der Waals surface area contributed by atoms with Crippen molar-refractivity contribution in [2.45, 2.75) is 19.4 Å². The molecule has 0 unspecified atom stereocenters. The minimum Gasteiger partial charge on any atom is -0.478 e. The number of carbonyl (C=O) groups excluding carboxylic acids is 1. The molecule has 0 atom stereocenters. The topological polar surface area (TPSA) is 69.6 Å². The summed E-state index contributed by atoms with van der Waals surface area (Å²) in [5, 5.41) is 11.9. The molecule has 5 nitrogen and oxygen atoms in total. The van der Waals surface area contributed by atoms with E-state index in [1.165, 1.54) is 0 Å². The Morgan fingerprint density at radius 2 is 1.79 bits per heavy atom. The number of aromatic carboxylic acids is 1. The van der Waals surface area contributed by atoms with Gasteiger partial charge in [0.25, 0.3) is 0 Å². The first-order valence-electron chi connectivity index (χ1n) is 6.47. The number of hydrogen-bond donors (Lipinski definition) is 2. The molecule has 1 fully saturated rings. The third-order valence-corrected chi connectivity index (χ3v) is 3.27. The van der Waals surface area contributed by atoms with E-state index in [2.05, 4.69) is 5.32 Å². The summed E-state index contributed by atoms with van der Waals surface area (Å²) in [4.78, 5) is 24.3. The number of nitrogens with one attached hydrogen (secondary N) is 1. The highest BCUT2D eigenvalue weighted by molar-refractivity contribution is 5.87. The van der Waals surface area contributed by atoms with Gasteiger partial charge in [0.1, 0.15) is 0 Å². The van der Waals surface area contributed by atoms with E-state index in [9.17, 15) is 9.59 Å². The standard InChI is InChI=1S/C14H18N2O3/c17-13(16-7-1-2-8-16)10-15-9-11-3-5-12(6-4-11)14(18)19/h3-6,15H,1-2,7-10H2,(H,18,19). The van der Waals surface area contributed by atoms with Gasteiger partial charge < -0.3 is 15.3 Å². The minimum absolute atomic E-state index is 0.139. The van der Waals surface area contributed by atoms with Crippen LogP contribution >= 0.6 is 0 Å². The number of amides is 1. The van der Waals surface area contributed by atoms with Crippen LogP contribution in [0.4, 0.5) is 0 Å². The molecule has 1 aliphatic rings. The van der Waals surface area contributed by atoms with Gasteiger partial charge in [0.05, 0.1) is 12.1 Å². The average Bonchev–Trinajstić information content (AvgIpc) is 2.93. The zero-order valence-electron chi connectivity index (χ0n) is 10.8. The van der Waals surface area contributed by atoms with Crippen LogP contribution in [0, 0.1) is 0 Å². The summed E-state index contributed by atoms with van der Waals surface area (Å²) in [6.07, 6.45) is 2.20. The van der Waals surface area contributed by atoms with Crippen molar-refractivity contribution >= 4 is 11.9 Å². The molecule has 102 valence electrons. The third kappa shape index (κ3) is 3.79. The molecule has 0 aromatic heterocycles. The molecule has 1 saturated heterocycles. The van der Waals surface area contributed by atoms with Crippen molar-refractivity contribution in [1.82, 2.24) is 10.2 Å². The third-order valence-electron chi connectivity index (χ3n) is 3.27. The van der Waals surface area contributed by atoms with Gasteiger partial charge in [0.15, 0.2) is 0 Å². The number of hydrogen-bond acceptors (Lipinski definition) is 3. The predicted molar refractivity (Wildman–Crippen MR) is 70.9 cm³/mol. The van der Waals surface area contributed by atoms with Crippen molar-refractivity contribution in [3.8, 4) is 0 Å². The number of rotatable bonds is 5. The molecule has 1 aromatic rings. The van der Waals surface area contributed by atoms with Gasteiger partial charge in [-0.15, -0.1) is 0 Å². The summed E-state index contributed by atoms with van der Waals surface area (Å²) in [7, 11) is 0. The normalized spacial score (nSPS) is 14.6. The van der Waals surface area contributed by atoms with Crippen LogP contribution in [0.3, 0.4) is 0 Å². The predicted octanol–water partition coefficient (Wildman–Crippen LogP) is 1.10. The molecule has 2 rings (SSSR count). The lowest BCUT2D eigenvalue weighted by Gasteiger charge is -2.15. The van der Waals surface area contributed by atoms with Gasteiger partial charge in [-0.05, 0) is 30.5 Å². The summed E-state index contributed by atoms with van der Waals surface area (Å²) < 4.78 is 0. The van der Waals surface area contributed by atoms with E-state index >= 15 is 0 Å². The molecule has 5 heteroatoms. The van der Waals surface area contributed by atoms with Crippen LogP contribution in [0.2, 0.25) is 0 Å². The number of likely N-dealkylation sites (tertiary alicyclic amines) is 1. The Morgan fingerprint density at radius 1 is 1.16 bits per heavy atom. The van der Waals surface area contributed by atoms with Gasteiger partial charge in [0.2, 0.25) is 5.91 Å².